The molecule has 0 saturated heterocycles. The van der Waals surface area contributed by atoms with Crippen LogP contribution < -0.4 is 15.4 Å². The zero-order valence-electron chi connectivity index (χ0n) is 15.6. The molecule has 0 aliphatic carbocycles. The van der Waals surface area contributed by atoms with Crippen LogP contribution in [0.4, 0.5) is 5.82 Å². The molecule has 0 fully saturated rings. The lowest BCUT2D eigenvalue weighted by Crippen LogP contribution is -2.30. The molecule has 0 spiro atoms. The van der Waals surface area contributed by atoms with Crippen molar-refractivity contribution in [1.29, 1.82) is 0 Å². The fourth-order valence-electron chi connectivity index (χ4n) is 2.80. The smallest absolute Gasteiger partial charge is 0.263 e. The van der Waals surface area contributed by atoms with Crippen LogP contribution in [0.1, 0.15) is 30.2 Å². The first-order valence-corrected chi connectivity index (χ1v) is 10.1. The van der Waals surface area contributed by atoms with Gasteiger partial charge in [-0.05, 0) is 31.0 Å². The Bertz CT molecular complexity index is 834. The minimum absolute atomic E-state index is 0.0893. The summed E-state index contributed by atoms with van der Waals surface area (Å²) in [5.41, 5.74) is 2.99. The maximum Gasteiger partial charge on any atom is 0.263 e. The van der Waals surface area contributed by atoms with Crippen LogP contribution in [0, 0.1) is 6.92 Å². The number of benzene rings is 1. The number of hydrogen-bond acceptors (Lipinski definition) is 5. The number of nitrogens with one attached hydrogen (secondary N) is 2. The van der Waals surface area contributed by atoms with Crippen molar-refractivity contribution >= 4 is 29.4 Å². The van der Waals surface area contributed by atoms with Gasteiger partial charge in [0, 0.05) is 23.6 Å². The van der Waals surface area contributed by atoms with Gasteiger partial charge in [-0.1, -0.05) is 19.1 Å². The summed E-state index contributed by atoms with van der Waals surface area (Å²) < 4.78 is 7.15. The third-order valence-electron chi connectivity index (χ3n) is 4.10. The number of thioether (sulfide) groups is 1. The number of amides is 2. The summed E-state index contributed by atoms with van der Waals surface area (Å²) in [5, 5.41) is 10.2. The molecule has 0 bridgehead atoms. The molecule has 27 heavy (non-hydrogen) atoms. The molecule has 0 atom stereocenters. The van der Waals surface area contributed by atoms with Crippen LogP contribution in [0.15, 0.2) is 24.3 Å². The van der Waals surface area contributed by atoms with Crippen molar-refractivity contribution in [1.82, 2.24) is 15.1 Å². The Hall–Kier alpha value is -2.48. The number of hydrogen-bond donors (Lipinski definition) is 2. The average Bonchev–Trinajstić information content (AvgIpc) is 3.21. The molecule has 0 unspecified atom stereocenters. The highest BCUT2D eigenvalue weighted by atomic mass is 32.2. The summed E-state index contributed by atoms with van der Waals surface area (Å²) in [6.45, 7) is 4.59. The van der Waals surface area contributed by atoms with Crippen LogP contribution in [-0.2, 0) is 27.6 Å². The van der Waals surface area contributed by atoms with Crippen molar-refractivity contribution in [2.45, 2.75) is 38.3 Å². The van der Waals surface area contributed by atoms with Crippen molar-refractivity contribution in [3.8, 4) is 5.75 Å². The predicted molar refractivity (Wildman–Crippen MR) is 106 cm³/mol. The SMILES string of the molecule is CCCNC(=O)Cn1nc2c(c1NC(=O)COc1cccc(C)c1)CSC2. The van der Waals surface area contributed by atoms with E-state index < -0.39 is 0 Å². The van der Waals surface area contributed by atoms with Gasteiger partial charge in [0.1, 0.15) is 18.1 Å². The van der Waals surface area contributed by atoms with Crippen LogP contribution in [0.5, 0.6) is 5.75 Å². The Morgan fingerprint density at radius 1 is 1.30 bits per heavy atom. The number of ether oxygens (including phenoxy) is 1. The number of fused-ring (bicyclic) bond motifs is 1. The largest absolute Gasteiger partial charge is 0.484 e. The van der Waals surface area contributed by atoms with Crippen LogP contribution in [0.2, 0.25) is 0 Å². The summed E-state index contributed by atoms with van der Waals surface area (Å²) in [7, 11) is 0. The van der Waals surface area contributed by atoms with Gasteiger partial charge in [0.25, 0.3) is 5.91 Å². The van der Waals surface area contributed by atoms with Gasteiger partial charge in [-0.3, -0.25) is 9.59 Å². The fourth-order valence-corrected chi connectivity index (χ4v) is 3.83. The highest BCUT2D eigenvalue weighted by Gasteiger charge is 2.25. The van der Waals surface area contributed by atoms with E-state index in [1.54, 1.807) is 16.4 Å². The van der Waals surface area contributed by atoms with E-state index in [0.29, 0.717) is 18.1 Å². The van der Waals surface area contributed by atoms with E-state index in [1.807, 2.05) is 38.1 Å². The van der Waals surface area contributed by atoms with Gasteiger partial charge in [0.15, 0.2) is 6.61 Å². The predicted octanol–water partition coefficient (Wildman–Crippen LogP) is 2.48. The van der Waals surface area contributed by atoms with E-state index in [0.717, 1.165) is 34.7 Å². The normalized spacial score (nSPS) is 12.5. The molecular formula is C19H24N4O3S. The molecule has 2 heterocycles. The number of nitrogens with zero attached hydrogens (tertiary/aromatic N) is 2. The Labute approximate surface area is 162 Å². The van der Waals surface area contributed by atoms with Crippen molar-refractivity contribution in [3.05, 3.63) is 41.1 Å². The van der Waals surface area contributed by atoms with E-state index in [4.69, 9.17) is 4.74 Å². The van der Waals surface area contributed by atoms with E-state index in [9.17, 15) is 9.59 Å². The van der Waals surface area contributed by atoms with Gasteiger partial charge >= 0.3 is 0 Å². The molecule has 2 N–H and O–H groups in total. The lowest BCUT2D eigenvalue weighted by molar-refractivity contribution is -0.122. The van der Waals surface area contributed by atoms with E-state index >= 15 is 0 Å². The van der Waals surface area contributed by atoms with Crippen LogP contribution in [0.3, 0.4) is 0 Å². The molecule has 2 amide bonds. The van der Waals surface area contributed by atoms with Crippen molar-refractivity contribution in [2.75, 3.05) is 18.5 Å². The van der Waals surface area contributed by atoms with Gasteiger partial charge in [0.05, 0.1) is 5.69 Å². The molecule has 7 nitrogen and oxygen atoms in total. The van der Waals surface area contributed by atoms with Gasteiger partial charge in [0.2, 0.25) is 5.91 Å². The topological polar surface area (TPSA) is 85.3 Å². The Morgan fingerprint density at radius 3 is 2.93 bits per heavy atom. The molecule has 3 rings (SSSR count). The zero-order valence-corrected chi connectivity index (χ0v) is 16.4. The Kier molecular flexibility index (Phi) is 6.39. The van der Waals surface area contributed by atoms with Crippen molar-refractivity contribution < 1.29 is 14.3 Å². The molecule has 8 heteroatoms. The van der Waals surface area contributed by atoms with Gasteiger partial charge < -0.3 is 15.4 Å². The third kappa shape index (κ3) is 5.03. The second-order valence-corrected chi connectivity index (χ2v) is 7.41. The minimum Gasteiger partial charge on any atom is -0.484 e. The number of aryl methyl sites for hydroxylation is 1. The highest BCUT2D eigenvalue weighted by molar-refractivity contribution is 7.98. The lowest BCUT2D eigenvalue weighted by Gasteiger charge is -2.12. The Balaban J connectivity index is 1.66. The molecule has 2 aromatic rings. The maximum atomic E-state index is 12.4. The Morgan fingerprint density at radius 2 is 2.15 bits per heavy atom. The number of carbonyl (C=O) groups excluding carboxylic acids is 2. The quantitative estimate of drug-likeness (QED) is 0.726. The fraction of sp³-hybridized carbons (Fsp3) is 0.421. The minimum atomic E-state index is -0.272. The van der Waals surface area contributed by atoms with Crippen LogP contribution in [-0.4, -0.2) is 34.7 Å². The summed E-state index contributed by atoms with van der Waals surface area (Å²) in [5.74, 6) is 2.43. The second-order valence-electron chi connectivity index (χ2n) is 6.43. The molecular weight excluding hydrogens is 364 g/mol. The number of anilines is 1. The first kappa shape index (κ1) is 19.3. The molecule has 1 aromatic carbocycles. The first-order valence-electron chi connectivity index (χ1n) is 8.99. The molecule has 1 aromatic heterocycles. The van der Waals surface area contributed by atoms with E-state index in [-0.39, 0.29) is 25.0 Å². The van der Waals surface area contributed by atoms with E-state index in [1.165, 1.54) is 0 Å². The monoisotopic (exact) mass is 388 g/mol. The second kappa shape index (κ2) is 8.94. The maximum absolute atomic E-state index is 12.4. The molecule has 1 aliphatic rings. The average molecular weight is 388 g/mol. The molecule has 144 valence electrons. The molecule has 0 saturated carbocycles. The molecule has 0 radical (unpaired) electrons. The van der Waals surface area contributed by atoms with E-state index in [2.05, 4.69) is 15.7 Å². The molecule has 1 aliphatic heterocycles. The first-order chi connectivity index (χ1) is 13.1. The summed E-state index contributed by atoms with van der Waals surface area (Å²) in [4.78, 5) is 24.5. The number of rotatable bonds is 8. The number of aromatic nitrogens is 2. The van der Waals surface area contributed by atoms with Crippen molar-refractivity contribution in [3.63, 3.8) is 0 Å². The zero-order chi connectivity index (χ0) is 19.2. The third-order valence-corrected chi connectivity index (χ3v) is 5.07. The van der Waals surface area contributed by atoms with Gasteiger partial charge in [-0.25, -0.2) is 4.68 Å². The highest BCUT2D eigenvalue weighted by Crippen LogP contribution is 2.34. The van der Waals surface area contributed by atoms with Gasteiger partial charge in [-0.2, -0.15) is 16.9 Å². The van der Waals surface area contributed by atoms with Crippen molar-refractivity contribution in [2.24, 2.45) is 0 Å². The summed E-state index contributed by atoms with van der Waals surface area (Å²) in [6, 6.07) is 7.55. The number of carbonyl (C=O) groups is 2. The van der Waals surface area contributed by atoms with Gasteiger partial charge in [-0.15, -0.1) is 0 Å². The van der Waals surface area contributed by atoms with Crippen LogP contribution in [0.25, 0.3) is 0 Å². The standard InChI is InChI=1S/C19H24N4O3S/c1-3-7-20-17(24)9-23-19(15-11-27-12-16(15)22-23)21-18(25)10-26-14-6-4-5-13(2)8-14/h4-6,8H,3,7,9-12H2,1-2H3,(H,20,24)(H,21,25). The van der Waals surface area contributed by atoms with Crippen LogP contribution >= 0.6 is 11.8 Å². The lowest BCUT2D eigenvalue weighted by atomic mass is 10.2. The summed E-state index contributed by atoms with van der Waals surface area (Å²) in [6.07, 6.45) is 0.873. The summed E-state index contributed by atoms with van der Waals surface area (Å²) >= 11 is 1.75.